The van der Waals surface area contributed by atoms with E-state index < -0.39 is 5.95 Å². The Balaban J connectivity index is 1.55. The number of rotatable bonds is 3. The monoisotopic (exact) mass is 347 g/mol. The van der Waals surface area contributed by atoms with Gasteiger partial charge in [0, 0.05) is 31.4 Å². The Labute approximate surface area is 147 Å². The number of pyridine rings is 1. The van der Waals surface area contributed by atoms with Gasteiger partial charge in [0.15, 0.2) is 5.65 Å². The van der Waals surface area contributed by atoms with Gasteiger partial charge in [-0.1, -0.05) is 6.07 Å². The summed E-state index contributed by atoms with van der Waals surface area (Å²) in [5, 5.41) is 8.90. The molecule has 0 amide bonds. The van der Waals surface area contributed by atoms with Gasteiger partial charge in [0.05, 0.1) is 30.0 Å². The largest absolute Gasteiger partial charge is 0.304 e. The molecule has 7 nitrogen and oxygen atoms in total. The molecule has 0 saturated carbocycles. The molecule has 26 heavy (non-hydrogen) atoms. The molecule has 0 aromatic carbocycles. The second-order valence-corrected chi connectivity index (χ2v) is 6.18. The predicted molar refractivity (Wildman–Crippen MR) is 93.1 cm³/mol. The molecule has 5 aromatic heterocycles. The van der Waals surface area contributed by atoms with Crippen molar-refractivity contribution >= 4 is 11.3 Å². The zero-order chi connectivity index (χ0) is 17.7. The minimum atomic E-state index is -0.486. The van der Waals surface area contributed by atoms with Crippen molar-refractivity contribution < 1.29 is 4.39 Å². The Morgan fingerprint density at radius 2 is 1.88 bits per heavy atom. The van der Waals surface area contributed by atoms with Crippen LogP contribution in [0.15, 0.2) is 55.2 Å². The normalized spacial score (nSPS) is 11.6. The summed E-state index contributed by atoms with van der Waals surface area (Å²) >= 11 is 0. The maximum absolute atomic E-state index is 13.3. The number of nitrogens with zero attached hydrogens (tertiary/aromatic N) is 7. The first-order valence-electron chi connectivity index (χ1n) is 8.11. The Morgan fingerprint density at radius 3 is 2.73 bits per heavy atom. The van der Waals surface area contributed by atoms with Crippen LogP contribution in [-0.4, -0.2) is 33.8 Å². The van der Waals surface area contributed by atoms with Crippen LogP contribution >= 0.6 is 0 Å². The highest BCUT2D eigenvalue weighted by atomic mass is 19.1. The predicted octanol–water partition coefficient (Wildman–Crippen LogP) is 2.51. The standard InChI is InChI=1S/C18H14FN7/c1-24-10-13(7-21-24)15-3-5-17-20-8-14(26(17)23-15)6-12-2-4-18-22-16(19)11-25(18)9-12/h2-5,7-11H,6H2,1H3. The fourth-order valence-corrected chi connectivity index (χ4v) is 3.07. The molecule has 0 aliphatic rings. The van der Waals surface area contributed by atoms with Crippen molar-refractivity contribution in [3.8, 4) is 11.3 Å². The molecule has 0 atom stereocenters. The van der Waals surface area contributed by atoms with Gasteiger partial charge in [-0.15, -0.1) is 0 Å². The van der Waals surface area contributed by atoms with E-state index in [2.05, 4.69) is 15.1 Å². The quantitative estimate of drug-likeness (QED) is 0.503. The average molecular weight is 347 g/mol. The van der Waals surface area contributed by atoms with Crippen LogP contribution in [0.1, 0.15) is 11.3 Å². The third-order valence-corrected chi connectivity index (χ3v) is 4.30. The lowest BCUT2D eigenvalue weighted by Crippen LogP contribution is -2.01. The number of halogens is 1. The first-order valence-corrected chi connectivity index (χ1v) is 8.11. The van der Waals surface area contributed by atoms with Crippen molar-refractivity contribution in [3.05, 3.63) is 72.5 Å². The van der Waals surface area contributed by atoms with Gasteiger partial charge >= 0.3 is 0 Å². The highest BCUT2D eigenvalue weighted by Crippen LogP contribution is 2.18. The molecule has 0 saturated heterocycles. The maximum atomic E-state index is 13.3. The lowest BCUT2D eigenvalue weighted by atomic mass is 10.2. The highest BCUT2D eigenvalue weighted by Gasteiger charge is 2.10. The molecule has 5 aromatic rings. The summed E-state index contributed by atoms with van der Waals surface area (Å²) in [4.78, 5) is 8.23. The van der Waals surface area contributed by atoms with Gasteiger partial charge in [-0.25, -0.2) is 14.5 Å². The van der Waals surface area contributed by atoms with E-state index in [1.165, 1.54) is 6.20 Å². The van der Waals surface area contributed by atoms with Gasteiger partial charge in [-0.05, 0) is 23.8 Å². The summed E-state index contributed by atoms with van der Waals surface area (Å²) < 4.78 is 18.5. The van der Waals surface area contributed by atoms with Gasteiger partial charge in [0.25, 0.3) is 0 Å². The maximum Gasteiger partial charge on any atom is 0.231 e. The van der Waals surface area contributed by atoms with Crippen molar-refractivity contribution in [2.45, 2.75) is 6.42 Å². The molecule has 0 aliphatic heterocycles. The Hall–Kier alpha value is -3.55. The molecule has 0 N–H and O–H groups in total. The van der Waals surface area contributed by atoms with Gasteiger partial charge in [0.2, 0.25) is 5.95 Å². The third kappa shape index (κ3) is 2.43. The lowest BCUT2D eigenvalue weighted by molar-refractivity contribution is 0.592. The van der Waals surface area contributed by atoms with Crippen LogP contribution in [0.4, 0.5) is 4.39 Å². The second kappa shape index (κ2) is 5.48. The minimum Gasteiger partial charge on any atom is -0.304 e. The summed E-state index contributed by atoms with van der Waals surface area (Å²) in [6, 6.07) is 7.61. The van der Waals surface area contributed by atoms with Crippen molar-refractivity contribution in [1.82, 2.24) is 33.8 Å². The molecule has 5 rings (SSSR count). The van der Waals surface area contributed by atoms with Crippen LogP contribution < -0.4 is 0 Å². The molecule has 0 fully saturated rings. The lowest BCUT2D eigenvalue weighted by Gasteiger charge is -2.04. The van der Waals surface area contributed by atoms with E-state index in [-0.39, 0.29) is 0 Å². The van der Waals surface area contributed by atoms with Crippen LogP contribution in [0.2, 0.25) is 0 Å². The Kier molecular flexibility index (Phi) is 3.11. The van der Waals surface area contributed by atoms with Crippen LogP contribution in [0, 0.1) is 5.95 Å². The van der Waals surface area contributed by atoms with Crippen LogP contribution in [0.5, 0.6) is 0 Å². The molecule has 0 spiro atoms. The van der Waals surface area contributed by atoms with Crippen molar-refractivity contribution in [3.63, 3.8) is 0 Å². The number of imidazole rings is 2. The van der Waals surface area contributed by atoms with Gasteiger partial charge in [0.1, 0.15) is 5.65 Å². The van der Waals surface area contributed by atoms with Crippen LogP contribution in [-0.2, 0) is 13.5 Å². The zero-order valence-corrected chi connectivity index (χ0v) is 13.9. The van der Waals surface area contributed by atoms with Crippen LogP contribution in [0.3, 0.4) is 0 Å². The number of aromatic nitrogens is 7. The molecule has 0 bridgehead atoms. The molecule has 0 unspecified atom stereocenters. The van der Waals surface area contributed by atoms with E-state index in [0.29, 0.717) is 12.1 Å². The number of fused-ring (bicyclic) bond motifs is 2. The van der Waals surface area contributed by atoms with E-state index >= 15 is 0 Å². The molecule has 8 heteroatoms. The topological polar surface area (TPSA) is 65.3 Å². The summed E-state index contributed by atoms with van der Waals surface area (Å²) in [5.74, 6) is -0.486. The van der Waals surface area contributed by atoms with E-state index in [9.17, 15) is 4.39 Å². The third-order valence-electron chi connectivity index (χ3n) is 4.30. The number of hydrogen-bond donors (Lipinski definition) is 0. The second-order valence-electron chi connectivity index (χ2n) is 6.18. The number of aryl methyl sites for hydroxylation is 1. The van der Waals surface area contributed by atoms with Crippen molar-refractivity contribution in [2.24, 2.45) is 7.05 Å². The minimum absolute atomic E-state index is 0.486. The van der Waals surface area contributed by atoms with Crippen molar-refractivity contribution in [2.75, 3.05) is 0 Å². The van der Waals surface area contributed by atoms with E-state index in [1.54, 1.807) is 21.3 Å². The van der Waals surface area contributed by atoms with Crippen LogP contribution in [0.25, 0.3) is 22.6 Å². The molecule has 0 aliphatic carbocycles. The summed E-state index contributed by atoms with van der Waals surface area (Å²) in [6.45, 7) is 0. The molecule has 128 valence electrons. The number of hydrogen-bond acceptors (Lipinski definition) is 4. The van der Waals surface area contributed by atoms with E-state index in [1.807, 2.05) is 48.4 Å². The average Bonchev–Trinajstić information content (AvgIpc) is 3.32. The fraction of sp³-hybridized carbons (Fsp3) is 0.111. The SMILES string of the molecule is Cn1cc(-c2ccc3ncc(Cc4ccc5nc(F)cn5c4)n3n2)cn1. The summed E-state index contributed by atoms with van der Waals surface area (Å²) in [7, 11) is 1.87. The fourth-order valence-electron chi connectivity index (χ4n) is 3.07. The van der Waals surface area contributed by atoms with E-state index in [0.717, 1.165) is 28.2 Å². The Morgan fingerprint density at radius 1 is 1.00 bits per heavy atom. The van der Waals surface area contributed by atoms with Crippen molar-refractivity contribution in [1.29, 1.82) is 0 Å². The molecular formula is C18H14FN7. The zero-order valence-electron chi connectivity index (χ0n) is 13.9. The molecule has 0 radical (unpaired) electrons. The first-order chi connectivity index (χ1) is 12.7. The smallest absolute Gasteiger partial charge is 0.231 e. The Bertz CT molecular complexity index is 1250. The summed E-state index contributed by atoms with van der Waals surface area (Å²) in [6.07, 6.45) is 9.38. The first kappa shape index (κ1) is 14.8. The van der Waals surface area contributed by atoms with Gasteiger partial charge < -0.3 is 4.40 Å². The molecule has 5 heterocycles. The summed E-state index contributed by atoms with van der Waals surface area (Å²) in [5.41, 5.74) is 5.11. The van der Waals surface area contributed by atoms with Gasteiger partial charge in [-0.2, -0.15) is 14.6 Å². The highest BCUT2D eigenvalue weighted by molar-refractivity contribution is 5.58. The van der Waals surface area contributed by atoms with Gasteiger partial charge in [-0.3, -0.25) is 4.68 Å². The van der Waals surface area contributed by atoms with E-state index in [4.69, 9.17) is 5.10 Å². The molecular weight excluding hydrogens is 333 g/mol.